The van der Waals surface area contributed by atoms with Crippen LogP contribution in [0.1, 0.15) is 0 Å². The number of carbonyl (C=O) groups excluding carboxylic acids is 1. The van der Waals surface area contributed by atoms with Crippen molar-refractivity contribution in [1.29, 1.82) is 0 Å². The third-order valence-electron chi connectivity index (χ3n) is 1.29. The lowest BCUT2D eigenvalue weighted by Gasteiger charge is -2.17. The van der Waals surface area contributed by atoms with E-state index in [4.69, 9.17) is 0 Å². The summed E-state index contributed by atoms with van der Waals surface area (Å²) in [5.41, 5.74) is 0. The van der Waals surface area contributed by atoms with E-state index in [-0.39, 0.29) is 5.13 Å². The minimum atomic E-state index is -5.91. The first-order valence-corrected chi connectivity index (χ1v) is 4.28. The summed E-state index contributed by atoms with van der Waals surface area (Å²) in [5, 5.41) is 2.37. The number of nitrogens with one attached hydrogen (secondary N) is 1. The molecule has 0 fully saturated rings. The topological polar surface area (TPSA) is 42.0 Å². The van der Waals surface area contributed by atoms with E-state index in [1.807, 2.05) is 0 Å². The van der Waals surface area contributed by atoms with E-state index >= 15 is 0 Å². The molecular formula is C6H3F5N2OS. The van der Waals surface area contributed by atoms with Crippen molar-refractivity contribution >= 4 is 22.4 Å². The molecule has 1 amide bonds. The second-order valence-electron chi connectivity index (χ2n) is 2.36. The highest BCUT2D eigenvalue weighted by Gasteiger charge is 2.63. The first-order valence-electron chi connectivity index (χ1n) is 3.40. The van der Waals surface area contributed by atoms with Gasteiger partial charge in [0.2, 0.25) is 0 Å². The number of anilines is 1. The Balaban J connectivity index is 2.77. The first-order chi connectivity index (χ1) is 6.75. The SMILES string of the molecule is O=C(Nc1nccs1)C(F)(F)C(F)(F)F. The predicted molar refractivity (Wildman–Crippen MR) is 41.7 cm³/mol. The van der Waals surface area contributed by atoms with Gasteiger partial charge in [0.25, 0.3) is 0 Å². The summed E-state index contributed by atoms with van der Waals surface area (Å²) in [5.74, 6) is -7.86. The van der Waals surface area contributed by atoms with Crippen LogP contribution in [0, 0.1) is 0 Å². The average Bonchev–Trinajstić information content (AvgIpc) is 2.54. The molecule has 1 N–H and O–H groups in total. The summed E-state index contributed by atoms with van der Waals surface area (Å²) in [6.45, 7) is 0. The van der Waals surface area contributed by atoms with Crippen molar-refractivity contribution in [3.8, 4) is 0 Å². The normalized spacial score (nSPS) is 12.6. The van der Waals surface area contributed by atoms with Gasteiger partial charge in [-0.25, -0.2) is 4.98 Å². The Morgan fingerprint density at radius 1 is 1.33 bits per heavy atom. The van der Waals surface area contributed by atoms with Crippen LogP contribution in [0.3, 0.4) is 0 Å². The third-order valence-corrected chi connectivity index (χ3v) is 1.98. The van der Waals surface area contributed by atoms with Gasteiger partial charge in [-0.05, 0) is 0 Å². The summed E-state index contributed by atoms with van der Waals surface area (Å²) in [6, 6.07) is 0. The van der Waals surface area contributed by atoms with Crippen LogP contribution in [0.15, 0.2) is 11.6 Å². The molecular weight excluding hydrogens is 243 g/mol. The van der Waals surface area contributed by atoms with E-state index in [0.29, 0.717) is 0 Å². The summed E-state index contributed by atoms with van der Waals surface area (Å²) in [6.07, 6.45) is -4.75. The molecule has 0 aliphatic heterocycles. The third kappa shape index (κ3) is 2.41. The fraction of sp³-hybridized carbons (Fsp3) is 0.333. The Kier molecular flexibility index (Phi) is 2.93. The van der Waals surface area contributed by atoms with Crippen molar-refractivity contribution in [2.24, 2.45) is 0 Å². The number of hydrogen-bond donors (Lipinski definition) is 1. The Hall–Kier alpha value is -1.25. The molecule has 0 saturated carbocycles. The highest BCUT2D eigenvalue weighted by atomic mass is 32.1. The number of amides is 1. The van der Waals surface area contributed by atoms with Gasteiger partial charge in [0, 0.05) is 11.6 Å². The van der Waals surface area contributed by atoms with Gasteiger partial charge >= 0.3 is 18.0 Å². The van der Waals surface area contributed by atoms with Gasteiger partial charge in [0.05, 0.1) is 0 Å². The molecule has 9 heteroatoms. The van der Waals surface area contributed by atoms with E-state index < -0.39 is 18.0 Å². The van der Waals surface area contributed by atoms with Crippen molar-refractivity contribution in [3.05, 3.63) is 11.6 Å². The van der Waals surface area contributed by atoms with Crippen LogP contribution in [0.25, 0.3) is 0 Å². The van der Waals surface area contributed by atoms with Gasteiger partial charge in [-0.2, -0.15) is 22.0 Å². The molecule has 0 atom stereocenters. The monoisotopic (exact) mass is 246 g/mol. The molecule has 1 aromatic heterocycles. The zero-order valence-electron chi connectivity index (χ0n) is 6.81. The molecule has 0 aliphatic rings. The Labute approximate surface area is 83.9 Å². The standard InChI is InChI=1S/C6H3F5N2OS/c7-5(8,6(9,10)11)3(14)13-4-12-1-2-15-4/h1-2H,(H,12,13,14). The van der Waals surface area contributed by atoms with E-state index in [2.05, 4.69) is 4.98 Å². The molecule has 1 aromatic rings. The molecule has 1 heterocycles. The minimum Gasteiger partial charge on any atom is -0.296 e. The minimum absolute atomic E-state index is 0.316. The maximum atomic E-state index is 12.4. The predicted octanol–water partition coefficient (Wildman–Crippen LogP) is 2.28. The van der Waals surface area contributed by atoms with Crippen LogP contribution in [0.5, 0.6) is 0 Å². The number of aromatic nitrogens is 1. The number of rotatable bonds is 2. The number of carbonyl (C=O) groups is 1. The summed E-state index contributed by atoms with van der Waals surface area (Å²) in [7, 11) is 0. The lowest BCUT2D eigenvalue weighted by Crippen LogP contribution is -2.47. The Morgan fingerprint density at radius 3 is 2.33 bits per heavy atom. The summed E-state index contributed by atoms with van der Waals surface area (Å²) < 4.78 is 59.8. The molecule has 0 unspecified atom stereocenters. The lowest BCUT2D eigenvalue weighted by molar-refractivity contribution is -0.267. The zero-order valence-corrected chi connectivity index (χ0v) is 7.62. The molecule has 1 rings (SSSR count). The maximum Gasteiger partial charge on any atom is 0.463 e. The van der Waals surface area contributed by atoms with Crippen molar-refractivity contribution in [2.75, 3.05) is 5.32 Å². The van der Waals surface area contributed by atoms with Gasteiger partial charge in [-0.3, -0.25) is 10.1 Å². The molecule has 0 bridgehead atoms. The largest absolute Gasteiger partial charge is 0.463 e. The first kappa shape index (κ1) is 11.8. The van der Waals surface area contributed by atoms with Gasteiger partial charge in [-0.15, -0.1) is 11.3 Å². The van der Waals surface area contributed by atoms with Crippen LogP contribution in [0.2, 0.25) is 0 Å². The van der Waals surface area contributed by atoms with Crippen LogP contribution >= 0.6 is 11.3 Å². The molecule has 0 aliphatic carbocycles. The fourth-order valence-electron chi connectivity index (χ4n) is 0.590. The van der Waals surface area contributed by atoms with Crippen LogP contribution in [0.4, 0.5) is 27.1 Å². The van der Waals surface area contributed by atoms with Crippen molar-refractivity contribution < 1.29 is 26.7 Å². The maximum absolute atomic E-state index is 12.4. The molecule has 0 spiro atoms. The van der Waals surface area contributed by atoms with Crippen molar-refractivity contribution in [2.45, 2.75) is 12.1 Å². The molecule has 15 heavy (non-hydrogen) atoms. The Morgan fingerprint density at radius 2 is 1.93 bits per heavy atom. The average molecular weight is 246 g/mol. The van der Waals surface area contributed by atoms with Gasteiger partial charge in [0.15, 0.2) is 5.13 Å². The highest BCUT2D eigenvalue weighted by Crippen LogP contribution is 2.36. The Bertz CT molecular complexity index is 347. The molecule has 0 saturated heterocycles. The highest BCUT2D eigenvalue weighted by molar-refractivity contribution is 7.13. The van der Waals surface area contributed by atoms with E-state index in [1.54, 1.807) is 0 Å². The van der Waals surface area contributed by atoms with Gasteiger partial charge in [0.1, 0.15) is 0 Å². The fourth-order valence-corrected chi connectivity index (χ4v) is 1.11. The number of alkyl halides is 5. The van der Waals surface area contributed by atoms with Crippen molar-refractivity contribution in [1.82, 2.24) is 4.98 Å². The van der Waals surface area contributed by atoms with Gasteiger partial charge in [-0.1, -0.05) is 0 Å². The van der Waals surface area contributed by atoms with Crippen LogP contribution < -0.4 is 5.32 Å². The van der Waals surface area contributed by atoms with E-state index in [9.17, 15) is 26.7 Å². The second kappa shape index (κ2) is 3.72. The van der Waals surface area contributed by atoms with E-state index in [1.165, 1.54) is 10.7 Å². The second-order valence-corrected chi connectivity index (χ2v) is 3.26. The molecule has 0 radical (unpaired) electrons. The number of halogens is 5. The quantitative estimate of drug-likeness (QED) is 0.813. The smallest absolute Gasteiger partial charge is 0.296 e. The van der Waals surface area contributed by atoms with E-state index in [0.717, 1.165) is 17.5 Å². The molecule has 84 valence electrons. The summed E-state index contributed by atoms with van der Waals surface area (Å²) in [4.78, 5) is 13.9. The van der Waals surface area contributed by atoms with Crippen LogP contribution in [-0.2, 0) is 4.79 Å². The number of thiazole rings is 1. The molecule has 0 aromatic carbocycles. The van der Waals surface area contributed by atoms with Gasteiger partial charge < -0.3 is 0 Å². The zero-order chi connectivity index (χ0) is 11.7. The van der Waals surface area contributed by atoms with Crippen LogP contribution in [-0.4, -0.2) is 23.0 Å². The number of nitrogens with zero attached hydrogens (tertiary/aromatic N) is 1. The number of hydrogen-bond acceptors (Lipinski definition) is 3. The summed E-state index contributed by atoms with van der Waals surface area (Å²) >= 11 is 0.734. The van der Waals surface area contributed by atoms with Crippen molar-refractivity contribution in [3.63, 3.8) is 0 Å². The molecule has 3 nitrogen and oxygen atoms in total. The lowest BCUT2D eigenvalue weighted by atomic mass is 10.3.